The highest BCUT2D eigenvalue weighted by Crippen LogP contribution is 2.32. The lowest BCUT2D eigenvalue weighted by Crippen LogP contribution is -2.46. The molecule has 1 aliphatic heterocycles. The van der Waals surface area contributed by atoms with Crippen molar-refractivity contribution in [2.75, 3.05) is 13.7 Å². The zero-order chi connectivity index (χ0) is 17.3. The molecule has 0 saturated carbocycles. The predicted molar refractivity (Wildman–Crippen MR) is 91.3 cm³/mol. The molecule has 1 heterocycles. The molecule has 1 aromatic carbocycles. The first-order valence-electron chi connectivity index (χ1n) is 7.83. The monoisotopic (exact) mass is 341 g/mol. The molecule has 0 radical (unpaired) electrons. The Morgan fingerprint density at radius 2 is 1.87 bits per heavy atom. The molecule has 2 atom stereocenters. The Bertz CT molecular complexity index is 628. The van der Waals surface area contributed by atoms with Crippen LogP contribution in [0.2, 0.25) is 0 Å². The van der Waals surface area contributed by atoms with Gasteiger partial charge in [-0.25, -0.2) is 13.1 Å². The van der Waals surface area contributed by atoms with E-state index < -0.39 is 14.8 Å². The molecule has 0 aliphatic carbocycles. The van der Waals surface area contributed by atoms with Crippen molar-refractivity contribution in [3.63, 3.8) is 0 Å². The number of methoxy groups -OCH3 is 1. The normalized spacial score (nSPS) is 22.7. The van der Waals surface area contributed by atoms with Crippen LogP contribution in [-0.2, 0) is 21.2 Å². The fraction of sp³-hybridized carbons (Fsp3) is 0.647. The van der Waals surface area contributed by atoms with E-state index in [0.717, 1.165) is 11.3 Å². The molecule has 130 valence electrons. The number of benzene rings is 1. The van der Waals surface area contributed by atoms with Gasteiger partial charge in [-0.05, 0) is 58.2 Å². The fourth-order valence-corrected chi connectivity index (χ4v) is 3.32. The highest BCUT2D eigenvalue weighted by Gasteiger charge is 2.42. The van der Waals surface area contributed by atoms with Crippen LogP contribution in [-0.4, -0.2) is 38.5 Å². The van der Waals surface area contributed by atoms with E-state index in [1.54, 1.807) is 27.9 Å². The van der Waals surface area contributed by atoms with E-state index in [1.165, 1.54) is 0 Å². The Hall–Kier alpha value is -1.11. The molecule has 0 bridgehead atoms. The summed E-state index contributed by atoms with van der Waals surface area (Å²) in [6.45, 7) is 7.81. The van der Waals surface area contributed by atoms with Gasteiger partial charge < -0.3 is 9.47 Å². The molecule has 5 nitrogen and oxygen atoms in total. The Morgan fingerprint density at radius 3 is 2.30 bits per heavy atom. The van der Waals surface area contributed by atoms with Gasteiger partial charge in [-0.1, -0.05) is 12.1 Å². The second-order valence-electron chi connectivity index (χ2n) is 7.43. The smallest absolute Gasteiger partial charge is 0.216 e. The number of rotatable bonds is 7. The van der Waals surface area contributed by atoms with Gasteiger partial charge in [-0.15, -0.1) is 0 Å². The van der Waals surface area contributed by atoms with Crippen molar-refractivity contribution in [3.8, 4) is 5.75 Å². The molecule has 23 heavy (non-hydrogen) atoms. The lowest BCUT2D eigenvalue weighted by atomic mass is 9.97. The standard InChI is InChI=1S/C17H27NO4S/c1-16(2,3)23(19,20)18-14(11-17(4)12-22-17)10-13-6-8-15(21-5)9-7-13/h6-9,14,18H,10-12H2,1-5H3/t14-,17?/m1/s1. The zero-order valence-electron chi connectivity index (χ0n) is 14.5. The summed E-state index contributed by atoms with van der Waals surface area (Å²) in [5, 5.41) is 0. The Kier molecular flexibility index (Phi) is 5.09. The van der Waals surface area contributed by atoms with Crippen LogP contribution in [0.25, 0.3) is 0 Å². The molecule has 0 spiro atoms. The second-order valence-corrected chi connectivity index (χ2v) is 9.89. The molecule has 1 fully saturated rings. The van der Waals surface area contributed by atoms with Gasteiger partial charge >= 0.3 is 0 Å². The van der Waals surface area contributed by atoms with Crippen LogP contribution >= 0.6 is 0 Å². The van der Waals surface area contributed by atoms with Crippen molar-refractivity contribution in [1.82, 2.24) is 4.72 Å². The van der Waals surface area contributed by atoms with Crippen LogP contribution in [0, 0.1) is 0 Å². The number of nitrogens with one attached hydrogen (secondary N) is 1. The molecule has 1 saturated heterocycles. The average molecular weight is 341 g/mol. The summed E-state index contributed by atoms with van der Waals surface area (Å²) in [6.07, 6.45) is 1.28. The largest absolute Gasteiger partial charge is 0.497 e. The highest BCUT2D eigenvalue weighted by molar-refractivity contribution is 7.90. The third-order valence-electron chi connectivity index (χ3n) is 4.08. The Morgan fingerprint density at radius 1 is 1.30 bits per heavy atom. The molecule has 1 unspecified atom stereocenters. The summed E-state index contributed by atoms with van der Waals surface area (Å²) in [5.41, 5.74) is 0.856. The topological polar surface area (TPSA) is 67.9 Å². The number of hydrogen-bond acceptors (Lipinski definition) is 4. The molecule has 1 aliphatic rings. The van der Waals surface area contributed by atoms with Crippen LogP contribution < -0.4 is 9.46 Å². The maximum absolute atomic E-state index is 12.5. The summed E-state index contributed by atoms with van der Waals surface area (Å²) in [4.78, 5) is 0. The molecule has 2 rings (SSSR count). The molecular weight excluding hydrogens is 314 g/mol. The molecular formula is C17H27NO4S. The first kappa shape index (κ1) is 18.2. The van der Waals surface area contributed by atoms with Gasteiger partial charge in [0.05, 0.1) is 24.1 Å². The summed E-state index contributed by atoms with van der Waals surface area (Å²) in [7, 11) is -1.78. The minimum absolute atomic E-state index is 0.194. The van der Waals surface area contributed by atoms with Gasteiger partial charge in [0.2, 0.25) is 10.0 Å². The van der Waals surface area contributed by atoms with Crippen molar-refractivity contribution < 1.29 is 17.9 Å². The Balaban J connectivity index is 2.13. The van der Waals surface area contributed by atoms with Crippen molar-refractivity contribution in [1.29, 1.82) is 0 Å². The zero-order valence-corrected chi connectivity index (χ0v) is 15.4. The predicted octanol–water partition coefficient (Wildman–Crippen LogP) is 2.50. The highest BCUT2D eigenvalue weighted by atomic mass is 32.2. The lowest BCUT2D eigenvalue weighted by Gasteiger charge is -2.26. The van der Waals surface area contributed by atoms with E-state index in [9.17, 15) is 8.42 Å². The SMILES string of the molecule is COc1ccc(C[C@H](CC2(C)CO2)NS(=O)(=O)C(C)(C)C)cc1. The molecule has 1 N–H and O–H groups in total. The van der Waals surface area contributed by atoms with Crippen molar-refractivity contribution in [2.24, 2.45) is 0 Å². The van der Waals surface area contributed by atoms with Crippen LogP contribution in [0.5, 0.6) is 5.75 Å². The lowest BCUT2D eigenvalue weighted by molar-refractivity contribution is 0.287. The van der Waals surface area contributed by atoms with Gasteiger partial charge in [-0.3, -0.25) is 0 Å². The van der Waals surface area contributed by atoms with E-state index in [0.29, 0.717) is 19.4 Å². The average Bonchev–Trinajstić information content (AvgIpc) is 3.15. The van der Waals surface area contributed by atoms with Crippen molar-refractivity contribution in [3.05, 3.63) is 29.8 Å². The molecule has 1 aromatic rings. The maximum Gasteiger partial charge on any atom is 0.216 e. The van der Waals surface area contributed by atoms with Crippen molar-refractivity contribution in [2.45, 2.75) is 56.9 Å². The van der Waals surface area contributed by atoms with E-state index in [4.69, 9.17) is 9.47 Å². The number of epoxide rings is 1. The van der Waals surface area contributed by atoms with Gasteiger partial charge in [0, 0.05) is 6.04 Å². The number of hydrogen-bond donors (Lipinski definition) is 1. The summed E-state index contributed by atoms with van der Waals surface area (Å²) < 4.78 is 37.6. The maximum atomic E-state index is 12.5. The molecule has 0 aromatic heterocycles. The van der Waals surface area contributed by atoms with Gasteiger partial charge in [0.1, 0.15) is 5.75 Å². The number of ether oxygens (including phenoxy) is 2. The third kappa shape index (κ3) is 4.93. The van der Waals surface area contributed by atoms with E-state index in [2.05, 4.69) is 4.72 Å². The summed E-state index contributed by atoms with van der Waals surface area (Å²) in [5.74, 6) is 0.790. The van der Waals surface area contributed by atoms with Gasteiger partial charge in [0.25, 0.3) is 0 Å². The van der Waals surface area contributed by atoms with E-state index in [-0.39, 0.29) is 11.6 Å². The van der Waals surface area contributed by atoms with Crippen LogP contribution in [0.15, 0.2) is 24.3 Å². The first-order chi connectivity index (χ1) is 10.5. The molecule has 6 heteroatoms. The van der Waals surface area contributed by atoms with Gasteiger partial charge in [-0.2, -0.15) is 0 Å². The van der Waals surface area contributed by atoms with Crippen LogP contribution in [0.4, 0.5) is 0 Å². The van der Waals surface area contributed by atoms with Crippen LogP contribution in [0.1, 0.15) is 39.7 Å². The minimum Gasteiger partial charge on any atom is -0.497 e. The van der Waals surface area contributed by atoms with Crippen molar-refractivity contribution >= 4 is 10.0 Å². The van der Waals surface area contributed by atoms with Gasteiger partial charge in [0.15, 0.2) is 0 Å². The first-order valence-corrected chi connectivity index (χ1v) is 9.32. The summed E-state index contributed by atoms with van der Waals surface area (Å²) in [6, 6.07) is 7.51. The Labute approximate surface area is 139 Å². The van der Waals surface area contributed by atoms with E-state index in [1.807, 2.05) is 31.2 Å². The van der Waals surface area contributed by atoms with E-state index >= 15 is 0 Å². The summed E-state index contributed by atoms with van der Waals surface area (Å²) >= 11 is 0. The second kappa shape index (κ2) is 6.42. The third-order valence-corrected chi connectivity index (χ3v) is 6.34. The fourth-order valence-electron chi connectivity index (χ4n) is 2.36. The van der Waals surface area contributed by atoms with Crippen LogP contribution in [0.3, 0.4) is 0 Å². The quantitative estimate of drug-likeness (QED) is 0.774. The molecule has 0 amide bonds. The number of sulfonamides is 1. The minimum atomic E-state index is -3.40.